The number of hydrogen-bond acceptors (Lipinski definition) is 4. The highest BCUT2D eigenvalue weighted by atomic mass is 32.2. The fraction of sp³-hybridized carbons (Fsp3) is 0.458. The quantitative estimate of drug-likeness (QED) is 0.477. The molecule has 1 saturated heterocycles. The van der Waals surface area contributed by atoms with Gasteiger partial charge in [0.15, 0.2) is 0 Å². The minimum atomic E-state index is -5.01. The largest absolute Gasteiger partial charge is 0.465 e. The Bertz CT molecular complexity index is 1200. The number of benzene rings is 2. The highest BCUT2D eigenvalue weighted by Crippen LogP contribution is 2.36. The summed E-state index contributed by atoms with van der Waals surface area (Å²) in [6.07, 6.45) is -6.15. The van der Waals surface area contributed by atoms with Crippen LogP contribution in [0.15, 0.2) is 36.4 Å². The van der Waals surface area contributed by atoms with Crippen molar-refractivity contribution in [3.63, 3.8) is 0 Å². The number of piperidine rings is 1. The number of carboxylic acid groups (broad SMARTS) is 1. The summed E-state index contributed by atoms with van der Waals surface area (Å²) < 4.78 is 87.1. The summed E-state index contributed by atoms with van der Waals surface area (Å²) in [7, 11) is -4.16. The monoisotopic (exact) mass is 532 g/mol. The molecule has 1 amide bonds. The average Bonchev–Trinajstić information content (AvgIpc) is 2.78. The maximum atomic E-state index is 13.5. The van der Waals surface area contributed by atoms with Crippen molar-refractivity contribution in [1.29, 1.82) is 0 Å². The van der Waals surface area contributed by atoms with E-state index < -0.39 is 51.0 Å². The van der Waals surface area contributed by atoms with Crippen molar-refractivity contribution in [3.05, 3.63) is 70.0 Å². The summed E-state index contributed by atoms with van der Waals surface area (Å²) in [5.74, 6) is -2.12. The number of nitrogens with zero attached hydrogens (tertiary/aromatic N) is 1. The molecule has 2 N–H and O–H groups in total. The predicted molar refractivity (Wildman–Crippen MR) is 124 cm³/mol. The third kappa shape index (κ3) is 7.17. The first-order valence-corrected chi connectivity index (χ1v) is 12.9. The number of rotatable bonds is 8. The van der Waals surface area contributed by atoms with Crippen LogP contribution in [0.2, 0.25) is 0 Å². The molecular formula is C24H28F4N2O5S. The maximum absolute atomic E-state index is 13.5. The van der Waals surface area contributed by atoms with Crippen LogP contribution >= 0.6 is 0 Å². The number of sulfonamides is 1. The predicted octanol–water partition coefficient (Wildman–Crippen LogP) is 4.78. The number of nitrogens with one attached hydrogen (secondary N) is 1. The number of carbonyl (C=O) groups is 1. The average molecular weight is 533 g/mol. The van der Waals surface area contributed by atoms with Crippen molar-refractivity contribution >= 4 is 16.1 Å². The molecule has 1 aliphatic heterocycles. The lowest BCUT2D eigenvalue weighted by Gasteiger charge is -2.32. The number of amides is 1. The summed E-state index contributed by atoms with van der Waals surface area (Å²) in [4.78, 5) is 11.3. The number of aryl methyl sites for hydroxylation is 2. The van der Waals surface area contributed by atoms with Gasteiger partial charge in [-0.3, -0.25) is 0 Å². The number of ether oxygens (including phenoxy) is 1. The van der Waals surface area contributed by atoms with Crippen LogP contribution in [0.25, 0.3) is 0 Å². The molecule has 0 aliphatic carbocycles. The first kappa shape index (κ1) is 27.9. The Balaban J connectivity index is 1.69. The topological polar surface area (TPSA) is 95.9 Å². The highest BCUT2D eigenvalue weighted by molar-refractivity contribution is 7.89. The third-order valence-corrected chi connectivity index (χ3v) is 8.05. The van der Waals surface area contributed by atoms with Crippen molar-refractivity contribution in [1.82, 2.24) is 9.62 Å². The van der Waals surface area contributed by atoms with Gasteiger partial charge in [0.25, 0.3) is 0 Å². The lowest BCUT2D eigenvalue weighted by molar-refractivity contribution is -0.138. The van der Waals surface area contributed by atoms with Crippen LogP contribution in [0.5, 0.6) is 0 Å². The molecule has 36 heavy (non-hydrogen) atoms. The molecule has 2 aromatic carbocycles. The normalized spacial score (nSPS) is 16.6. The molecule has 2 aromatic rings. The van der Waals surface area contributed by atoms with E-state index in [2.05, 4.69) is 0 Å². The SMILES string of the molecule is Cc1ccc(C)c(COC2CCN(S(=O)(=O)CC(NC(=O)O)c3ccc(F)cc3C(F)(F)F)CC2)c1. The van der Waals surface area contributed by atoms with E-state index in [1.165, 1.54) is 0 Å². The van der Waals surface area contributed by atoms with Crippen molar-refractivity contribution < 1.29 is 40.6 Å². The molecular weight excluding hydrogens is 504 g/mol. The second kappa shape index (κ2) is 11.1. The van der Waals surface area contributed by atoms with Gasteiger partial charge in [-0.2, -0.15) is 13.2 Å². The van der Waals surface area contributed by atoms with Gasteiger partial charge in [-0.25, -0.2) is 21.9 Å². The van der Waals surface area contributed by atoms with Crippen molar-refractivity contribution in [2.75, 3.05) is 18.8 Å². The van der Waals surface area contributed by atoms with Crippen LogP contribution in [0.4, 0.5) is 22.4 Å². The molecule has 1 unspecified atom stereocenters. The van der Waals surface area contributed by atoms with Crippen LogP contribution < -0.4 is 5.32 Å². The van der Waals surface area contributed by atoms with Gasteiger partial charge < -0.3 is 15.2 Å². The zero-order chi connectivity index (χ0) is 26.7. The second-order valence-corrected chi connectivity index (χ2v) is 10.9. The Labute approximate surface area is 207 Å². The molecule has 3 rings (SSSR count). The van der Waals surface area contributed by atoms with Gasteiger partial charge in [0.05, 0.1) is 30.1 Å². The summed E-state index contributed by atoms with van der Waals surface area (Å²) in [6.45, 7) is 4.48. The molecule has 0 bridgehead atoms. The summed E-state index contributed by atoms with van der Waals surface area (Å²) in [6, 6.07) is 5.97. The lowest BCUT2D eigenvalue weighted by Crippen LogP contribution is -2.44. The van der Waals surface area contributed by atoms with E-state index in [9.17, 15) is 30.8 Å². The van der Waals surface area contributed by atoms with Gasteiger partial charge in [-0.15, -0.1) is 0 Å². The maximum Gasteiger partial charge on any atom is 0.416 e. The van der Waals surface area contributed by atoms with Gasteiger partial charge in [-0.05, 0) is 55.5 Å². The van der Waals surface area contributed by atoms with Crippen molar-refractivity contribution in [3.8, 4) is 0 Å². The van der Waals surface area contributed by atoms with Crippen molar-refractivity contribution in [2.24, 2.45) is 0 Å². The van der Waals surface area contributed by atoms with Gasteiger partial charge in [-0.1, -0.05) is 29.8 Å². The fourth-order valence-electron chi connectivity index (χ4n) is 4.19. The first-order valence-electron chi connectivity index (χ1n) is 11.3. The minimum Gasteiger partial charge on any atom is -0.465 e. The molecule has 0 spiro atoms. The highest BCUT2D eigenvalue weighted by Gasteiger charge is 2.38. The van der Waals surface area contributed by atoms with E-state index in [-0.39, 0.29) is 25.3 Å². The van der Waals surface area contributed by atoms with Gasteiger partial charge >= 0.3 is 12.3 Å². The van der Waals surface area contributed by atoms with E-state index in [1.54, 1.807) is 0 Å². The molecule has 0 radical (unpaired) electrons. The Kier molecular flexibility index (Phi) is 8.63. The molecule has 1 fully saturated rings. The van der Waals surface area contributed by atoms with Gasteiger partial charge in [0, 0.05) is 13.1 Å². The molecule has 1 aliphatic rings. The van der Waals surface area contributed by atoms with Gasteiger partial charge in [0.2, 0.25) is 10.0 Å². The van der Waals surface area contributed by atoms with E-state index in [0.29, 0.717) is 19.4 Å². The van der Waals surface area contributed by atoms with E-state index in [0.717, 1.165) is 33.1 Å². The Morgan fingerprint density at radius 1 is 1.17 bits per heavy atom. The summed E-state index contributed by atoms with van der Waals surface area (Å²) in [5, 5.41) is 11.0. The van der Waals surface area contributed by atoms with Crippen LogP contribution in [0.3, 0.4) is 0 Å². The van der Waals surface area contributed by atoms with Crippen LogP contribution in [0.1, 0.15) is 46.7 Å². The Morgan fingerprint density at radius 2 is 1.83 bits per heavy atom. The smallest absolute Gasteiger partial charge is 0.416 e. The van der Waals surface area contributed by atoms with Crippen LogP contribution in [-0.4, -0.2) is 48.9 Å². The Hall–Kier alpha value is -2.70. The zero-order valence-electron chi connectivity index (χ0n) is 19.8. The first-order chi connectivity index (χ1) is 16.8. The third-order valence-electron chi connectivity index (χ3n) is 6.14. The van der Waals surface area contributed by atoms with Crippen molar-refractivity contribution in [2.45, 2.75) is 51.6 Å². The summed E-state index contributed by atoms with van der Waals surface area (Å²) >= 11 is 0. The number of hydrogen-bond donors (Lipinski definition) is 2. The zero-order valence-corrected chi connectivity index (χ0v) is 20.6. The number of halogens is 4. The molecule has 198 valence electrons. The molecule has 1 heterocycles. The molecule has 0 aromatic heterocycles. The second-order valence-electron chi connectivity index (χ2n) is 8.85. The van der Waals surface area contributed by atoms with Gasteiger partial charge in [0.1, 0.15) is 5.82 Å². The van der Waals surface area contributed by atoms with Crippen LogP contribution in [-0.2, 0) is 27.5 Å². The van der Waals surface area contributed by atoms with E-state index in [1.807, 2.05) is 37.4 Å². The standard InChI is InChI=1S/C24H28F4N2O5S/c1-15-3-4-16(2)17(11-15)13-35-19-7-9-30(10-8-19)36(33,34)14-22(29-23(31)32)20-6-5-18(25)12-21(20)24(26,27)28/h3-6,11-12,19,22,29H,7-10,13-14H2,1-2H3,(H,31,32). The van der Waals surface area contributed by atoms with E-state index >= 15 is 0 Å². The number of alkyl halides is 3. The Morgan fingerprint density at radius 3 is 2.44 bits per heavy atom. The molecule has 0 saturated carbocycles. The van der Waals surface area contributed by atoms with Crippen LogP contribution in [0, 0.1) is 19.7 Å². The van der Waals surface area contributed by atoms with E-state index in [4.69, 9.17) is 9.84 Å². The molecule has 1 atom stereocenters. The summed E-state index contributed by atoms with van der Waals surface area (Å²) in [5.41, 5.74) is 1.11. The molecule has 7 nitrogen and oxygen atoms in total. The lowest BCUT2D eigenvalue weighted by atomic mass is 10.0. The molecule has 12 heteroatoms. The minimum absolute atomic E-state index is 0.0785. The fourth-order valence-corrected chi connectivity index (χ4v) is 5.85.